The van der Waals surface area contributed by atoms with E-state index in [2.05, 4.69) is 20.4 Å². The number of H-pyrrole nitrogens is 1. The third kappa shape index (κ3) is 6.11. The smallest absolute Gasteiger partial charge is 0.389 e. The average Bonchev–Trinajstić information content (AvgIpc) is 2.85. The molecule has 39 heavy (non-hydrogen) atoms. The Morgan fingerprint density at radius 1 is 1.13 bits per heavy atom. The molecule has 0 saturated heterocycles. The second-order valence-corrected chi connectivity index (χ2v) is 9.07. The lowest BCUT2D eigenvalue weighted by atomic mass is 10.1. The van der Waals surface area contributed by atoms with Gasteiger partial charge in [-0.15, -0.1) is 0 Å². The molecule has 206 valence electrons. The molecule has 0 aliphatic carbocycles. The Balaban J connectivity index is 1.51. The van der Waals surface area contributed by atoms with Crippen LogP contribution in [0.1, 0.15) is 37.5 Å². The van der Waals surface area contributed by atoms with Crippen LogP contribution in [0.5, 0.6) is 0 Å². The first kappa shape index (κ1) is 27.8. The number of hydrogen-bond acceptors (Lipinski definition) is 7. The highest BCUT2D eigenvalue weighted by atomic mass is 19.4. The Morgan fingerprint density at radius 2 is 1.82 bits per heavy atom. The molecule has 3 atom stereocenters. The maximum atomic E-state index is 14.9. The maximum absolute atomic E-state index is 14.9. The van der Waals surface area contributed by atoms with Gasteiger partial charge in [-0.25, -0.2) is 23.8 Å². The van der Waals surface area contributed by atoms with Crippen LogP contribution in [0.2, 0.25) is 0 Å². The fraction of sp³-hybridized carbons (Fsp3) is 0.320. The van der Waals surface area contributed by atoms with Crippen molar-refractivity contribution in [2.24, 2.45) is 0 Å². The lowest BCUT2D eigenvalue weighted by molar-refractivity contribution is -0.138. The van der Waals surface area contributed by atoms with Gasteiger partial charge in [0, 0.05) is 36.6 Å². The second-order valence-electron chi connectivity index (χ2n) is 9.07. The van der Waals surface area contributed by atoms with E-state index in [0.29, 0.717) is 10.9 Å². The molecule has 0 amide bonds. The van der Waals surface area contributed by atoms with Gasteiger partial charge in [0.2, 0.25) is 0 Å². The van der Waals surface area contributed by atoms with Gasteiger partial charge in [-0.2, -0.15) is 18.3 Å². The Hall–Kier alpha value is -4.20. The van der Waals surface area contributed by atoms with Crippen LogP contribution in [0.25, 0.3) is 22.2 Å². The number of aromatic nitrogens is 5. The molecule has 9 nitrogen and oxygen atoms in total. The zero-order valence-corrected chi connectivity index (χ0v) is 20.6. The summed E-state index contributed by atoms with van der Waals surface area (Å²) in [6.07, 6.45) is -2.87. The van der Waals surface area contributed by atoms with E-state index in [-0.39, 0.29) is 23.2 Å². The van der Waals surface area contributed by atoms with Crippen LogP contribution in [-0.4, -0.2) is 42.1 Å². The molecule has 4 aromatic rings. The number of aliphatic hydroxyl groups is 1. The van der Waals surface area contributed by atoms with Crippen molar-refractivity contribution in [2.75, 3.05) is 5.32 Å². The van der Waals surface area contributed by atoms with E-state index in [4.69, 9.17) is 0 Å². The summed E-state index contributed by atoms with van der Waals surface area (Å²) in [6, 6.07) is 3.03. The first-order valence-corrected chi connectivity index (χ1v) is 11.7. The standard InChI is InChI=1S/C25H23F5N6O3/c1-12(34-20-10-33-35-23(38)21(20)25(28,29)30)5-16(26)11-36-4-3-14-6-18(19(27)7-17(14)24(36)39)22-31-8-15(9-32-22)13(2)37/h3-4,6-10,12-13,16,37H,5,11H2,1-2H3,(H2,34,35,38)/t12-,13?,16+/m1/s1. The number of hydrogen-bond donors (Lipinski definition) is 3. The van der Waals surface area contributed by atoms with Crippen LogP contribution in [0.4, 0.5) is 27.6 Å². The number of benzene rings is 1. The number of aromatic amines is 1. The molecular weight excluding hydrogens is 527 g/mol. The van der Waals surface area contributed by atoms with E-state index in [1.807, 2.05) is 0 Å². The predicted molar refractivity (Wildman–Crippen MR) is 132 cm³/mol. The summed E-state index contributed by atoms with van der Waals surface area (Å²) in [5, 5.41) is 17.5. The first-order chi connectivity index (χ1) is 18.3. The number of alkyl halides is 4. The zero-order valence-electron chi connectivity index (χ0n) is 20.6. The number of fused-ring (bicyclic) bond motifs is 1. The Bertz CT molecular complexity index is 1600. The van der Waals surface area contributed by atoms with Gasteiger partial charge >= 0.3 is 6.18 Å². The minimum atomic E-state index is -4.95. The number of nitrogens with one attached hydrogen (secondary N) is 2. The molecule has 0 fully saturated rings. The van der Waals surface area contributed by atoms with Gasteiger partial charge in [-0.05, 0) is 37.4 Å². The van der Waals surface area contributed by atoms with Gasteiger partial charge in [-0.1, -0.05) is 0 Å². The molecule has 3 heterocycles. The molecule has 3 aromatic heterocycles. The van der Waals surface area contributed by atoms with Gasteiger partial charge in [0.05, 0.1) is 35.5 Å². The number of nitrogens with zero attached hydrogens (tertiary/aromatic N) is 4. The fourth-order valence-electron chi connectivity index (χ4n) is 4.10. The summed E-state index contributed by atoms with van der Waals surface area (Å²) in [7, 11) is 0. The van der Waals surface area contributed by atoms with Crippen LogP contribution < -0.4 is 16.4 Å². The van der Waals surface area contributed by atoms with Crippen molar-refractivity contribution in [1.29, 1.82) is 0 Å². The van der Waals surface area contributed by atoms with Crippen molar-refractivity contribution in [2.45, 2.75) is 51.3 Å². The highest BCUT2D eigenvalue weighted by Gasteiger charge is 2.37. The fourth-order valence-corrected chi connectivity index (χ4v) is 4.10. The molecule has 0 saturated carbocycles. The summed E-state index contributed by atoms with van der Waals surface area (Å²) >= 11 is 0. The molecule has 3 N–H and O–H groups in total. The third-order valence-corrected chi connectivity index (χ3v) is 6.01. The minimum absolute atomic E-state index is 0.0119. The van der Waals surface area contributed by atoms with Crippen LogP contribution in [0, 0.1) is 5.82 Å². The second kappa shape index (κ2) is 10.9. The van der Waals surface area contributed by atoms with Gasteiger partial charge in [0.25, 0.3) is 11.1 Å². The highest BCUT2D eigenvalue weighted by Crippen LogP contribution is 2.32. The number of aliphatic hydroxyl groups excluding tert-OH is 1. The quantitative estimate of drug-likeness (QED) is 0.284. The molecule has 4 rings (SSSR count). The van der Waals surface area contributed by atoms with Crippen molar-refractivity contribution in [3.05, 3.63) is 80.6 Å². The predicted octanol–water partition coefficient (Wildman–Crippen LogP) is 3.98. The van der Waals surface area contributed by atoms with E-state index in [1.165, 1.54) is 44.6 Å². The van der Waals surface area contributed by atoms with E-state index < -0.39 is 59.2 Å². The molecule has 0 spiro atoms. The van der Waals surface area contributed by atoms with Gasteiger partial charge < -0.3 is 15.0 Å². The lowest BCUT2D eigenvalue weighted by Gasteiger charge is -2.20. The summed E-state index contributed by atoms with van der Waals surface area (Å²) in [5.74, 6) is -0.721. The molecule has 14 heteroatoms. The number of rotatable bonds is 8. The minimum Gasteiger partial charge on any atom is -0.389 e. The largest absolute Gasteiger partial charge is 0.423 e. The first-order valence-electron chi connectivity index (χ1n) is 11.7. The SMILES string of the molecule is CC(O)c1cnc(-c2cc3ccn(C[C@@H](F)C[C@@H](C)Nc4cn[nH]c(=O)c4C(F)(F)F)c(=O)c3cc2F)nc1. The van der Waals surface area contributed by atoms with E-state index in [9.17, 15) is 36.6 Å². The molecule has 0 radical (unpaired) electrons. The van der Waals surface area contributed by atoms with Crippen LogP contribution in [0.3, 0.4) is 0 Å². The Labute approximate surface area is 217 Å². The molecule has 0 bridgehead atoms. The summed E-state index contributed by atoms with van der Waals surface area (Å²) in [4.78, 5) is 32.7. The van der Waals surface area contributed by atoms with Crippen molar-refractivity contribution in [1.82, 2.24) is 24.7 Å². The monoisotopic (exact) mass is 550 g/mol. The van der Waals surface area contributed by atoms with Crippen LogP contribution in [-0.2, 0) is 12.7 Å². The van der Waals surface area contributed by atoms with Crippen LogP contribution >= 0.6 is 0 Å². The molecule has 1 aromatic carbocycles. The summed E-state index contributed by atoms with van der Waals surface area (Å²) < 4.78 is 70.5. The number of pyridine rings is 1. The maximum Gasteiger partial charge on any atom is 0.423 e. The number of halogens is 5. The average molecular weight is 550 g/mol. The topological polar surface area (TPSA) is 126 Å². The van der Waals surface area contributed by atoms with Crippen LogP contribution in [0.15, 0.2) is 52.6 Å². The van der Waals surface area contributed by atoms with Crippen molar-refractivity contribution >= 4 is 16.5 Å². The normalized spacial score (nSPS) is 14.3. The summed E-state index contributed by atoms with van der Waals surface area (Å²) in [5.41, 5.74) is -3.68. The highest BCUT2D eigenvalue weighted by molar-refractivity contribution is 5.86. The molecular formula is C25H23F5N6O3. The van der Waals surface area contributed by atoms with E-state index >= 15 is 0 Å². The van der Waals surface area contributed by atoms with Crippen molar-refractivity contribution in [3.8, 4) is 11.4 Å². The van der Waals surface area contributed by atoms with Gasteiger partial charge in [-0.3, -0.25) is 9.59 Å². The molecule has 0 aliphatic rings. The zero-order chi connectivity index (χ0) is 28.5. The van der Waals surface area contributed by atoms with Crippen molar-refractivity contribution < 1.29 is 27.1 Å². The summed E-state index contributed by atoms with van der Waals surface area (Å²) in [6.45, 7) is 2.52. The Kier molecular flexibility index (Phi) is 7.77. The third-order valence-electron chi connectivity index (χ3n) is 6.01. The Morgan fingerprint density at radius 3 is 2.46 bits per heavy atom. The van der Waals surface area contributed by atoms with Crippen molar-refractivity contribution in [3.63, 3.8) is 0 Å². The lowest BCUT2D eigenvalue weighted by Crippen LogP contribution is -2.30. The molecule has 0 aliphatic heterocycles. The van der Waals surface area contributed by atoms with Gasteiger partial charge in [0.15, 0.2) is 5.82 Å². The number of anilines is 1. The van der Waals surface area contributed by atoms with Gasteiger partial charge in [0.1, 0.15) is 17.6 Å². The van der Waals surface area contributed by atoms with E-state index in [1.54, 1.807) is 5.10 Å². The van der Waals surface area contributed by atoms with E-state index in [0.717, 1.165) is 16.8 Å². The molecule has 1 unspecified atom stereocenters.